The molecule has 0 radical (unpaired) electrons. The van der Waals surface area contributed by atoms with E-state index in [1.807, 2.05) is 30.3 Å². The van der Waals surface area contributed by atoms with Gasteiger partial charge in [-0.1, -0.05) is 30.7 Å². The van der Waals surface area contributed by atoms with E-state index < -0.39 is 6.09 Å². The van der Waals surface area contributed by atoms with Gasteiger partial charge in [-0.15, -0.1) is 0 Å². The van der Waals surface area contributed by atoms with Crippen LogP contribution in [0.4, 0.5) is 10.5 Å². The predicted molar refractivity (Wildman–Crippen MR) is 84.6 cm³/mol. The summed E-state index contributed by atoms with van der Waals surface area (Å²) in [7, 11) is 0. The Morgan fingerprint density at radius 3 is 2.82 bits per heavy atom. The van der Waals surface area contributed by atoms with Crippen LogP contribution in [0.1, 0.15) is 39.0 Å². The number of nitrogens with one attached hydrogen (secondary N) is 1. The normalized spacial score (nSPS) is 27.6. The van der Waals surface area contributed by atoms with Crippen LogP contribution >= 0.6 is 0 Å². The number of fused-ring (bicyclic) bond motifs is 1. The molecule has 0 unspecified atom stereocenters. The molecule has 0 spiro atoms. The van der Waals surface area contributed by atoms with Gasteiger partial charge in [0.2, 0.25) is 0 Å². The molecule has 2 aliphatic rings. The van der Waals surface area contributed by atoms with Crippen molar-refractivity contribution in [2.45, 2.75) is 45.1 Å². The quantitative estimate of drug-likeness (QED) is 0.895. The minimum absolute atomic E-state index is 0.163. The van der Waals surface area contributed by atoms with Crippen LogP contribution in [0.25, 0.3) is 0 Å². The predicted octanol–water partition coefficient (Wildman–Crippen LogP) is 4.08. The number of ketones is 1. The monoisotopic (exact) mass is 299 g/mol. The Morgan fingerprint density at radius 2 is 2.05 bits per heavy atom. The number of amides is 1. The molecule has 4 heteroatoms. The highest BCUT2D eigenvalue weighted by Crippen LogP contribution is 2.47. The van der Waals surface area contributed by atoms with Gasteiger partial charge in [-0.2, -0.15) is 0 Å². The first-order valence-electron chi connectivity index (χ1n) is 7.84. The van der Waals surface area contributed by atoms with E-state index in [1.54, 1.807) is 6.08 Å². The molecule has 0 bridgehead atoms. The molecule has 0 aromatic heterocycles. The summed E-state index contributed by atoms with van der Waals surface area (Å²) in [6.45, 7) is 2.12. The highest BCUT2D eigenvalue weighted by molar-refractivity contribution is 5.91. The van der Waals surface area contributed by atoms with Crippen molar-refractivity contribution in [3.05, 3.63) is 42.0 Å². The summed E-state index contributed by atoms with van der Waals surface area (Å²) < 4.78 is 5.70. The molecule has 116 valence electrons. The number of ether oxygens (including phenoxy) is 1. The van der Waals surface area contributed by atoms with Crippen molar-refractivity contribution in [3.8, 4) is 0 Å². The maximum Gasteiger partial charge on any atom is 0.411 e. The van der Waals surface area contributed by atoms with Gasteiger partial charge in [0.1, 0.15) is 6.10 Å². The highest BCUT2D eigenvalue weighted by atomic mass is 16.6. The SMILES string of the molecule is C[C@]12CCC(=O)C=C1CCC[C@@H]2OC(=O)Nc1ccccc1. The van der Waals surface area contributed by atoms with Crippen molar-refractivity contribution in [3.63, 3.8) is 0 Å². The fourth-order valence-electron chi connectivity index (χ4n) is 3.48. The van der Waals surface area contributed by atoms with Crippen LogP contribution in [0.3, 0.4) is 0 Å². The maximum atomic E-state index is 12.1. The lowest BCUT2D eigenvalue weighted by molar-refractivity contribution is -0.116. The topological polar surface area (TPSA) is 55.4 Å². The van der Waals surface area contributed by atoms with Gasteiger partial charge in [0.15, 0.2) is 5.78 Å². The zero-order valence-electron chi connectivity index (χ0n) is 12.8. The Hall–Kier alpha value is -2.10. The van der Waals surface area contributed by atoms with E-state index >= 15 is 0 Å². The summed E-state index contributed by atoms with van der Waals surface area (Å²) >= 11 is 0. The molecule has 0 heterocycles. The van der Waals surface area contributed by atoms with Crippen molar-refractivity contribution >= 4 is 17.6 Å². The van der Waals surface area contributed by atoms with Gasteiger partial charge in [0.05, 0.1) is 0 Å². The summed E-state index contributed by atoms with van der Waals surface area (Å²) in [5.74, 6) is 0.196. The van der Waals surface area contributed by atoms with Gasteiger partial charge in [0, 0.05) is 17.5 Å². The Balaban J connectivity index is 1.70. The average molecular weight is 299 g/mol. The molecule has 1 amide bonds. The van der Waals surface area contributed by atoms with Gasteiger partial charge < -0.3 is 4.74 Å². The van der Waals surface area contributed by atoms with Crippen molar-refractivity contribution in [2.24, 2.45) is 5.41 Å². The zero-order chi connectivity index (χ0) is 15.6. The third-order valence-electron chi connectivity index (χ3n) is 4.85. The second kappa shape index (κ2) is 5.95. The number of rotatable bonds is 2. The Kier molecular flexibility index (Phi) is 4.01. The number of hydrogen-bond acceptors (Lipinski definition) is 3. The Morgan fingerprint density at radius 1 is 1.27 bits per heavy atom. The molecule has 1 saturated carbocycles. The Bertz CT molecular complexity index is 608. The first-order chi connectivity index (χ1) is 10.6. The maximum absolute atomic E-state index is 12.1. The van der Waals surface area contributed by atoms with Crippen molar-refractivity contribution in [2.75, 3.05) is 5.32 Å². The van der Waals surface area contributed by atoms with E-state index in [0.717, 1.165) is 36.9 Å². The Labute approximate surface area is 130 Å². The molecular formula is C18H21NO3. The molecule has 2 aliphatic carbocycles. The van der Waals surface area contributed by atoms with Crippen LogP contribution in [0.2, 0.25) is 0 Å². The van der Waals surface area contributed by atoms with Crippen LogP contribution in [0.15, 0.2) is 42.0 Å². The molecule has 1 aromatic rings. The highest BCUT2D eigenvalue weighted by Gasteiger charge is 2.44. The van der Waals surface area contributed by atoms with E-state index in [2.05, 4.69) is 12.2 Å². The van der Waals surface area contributed by atoms with Gasteiger partial charge in [-0.3, -0.25) is 10.1 Å². The second-order valence-electron chi connectivity index (χ2n) is 6.33. The first-order valence-corrected chi connectivity index (χ1v) is 7.84. The minimum atomic E-state index is -0.421. The van der Waals surface area contributed by atoms with Crippen LogP contribution in [-0.2, 0) is 9.53 Å². The molecule has 4 nitrogen and oxygen atoms in total. The summed E-state index contributed by atoms with van der Waals surface area (Å²) in [6, 6.07) is 9.29. The number of carbonyl (C=O) groups is 2. The fraction of sp³-hybridized carbons (Fsp3) is 0.444. The zero-order valence-corrected chi connectivity index (χ0v) is 12.8. The van der Waals surface area contributed by atoms with Gasteiger partial charge in [-0.25, -0.2) is 4.79 Å². The van der Waals surface area contributed by atoms with Crippen molar-refractivity contribution in [1.82, 2.24) is 0 Å². The lowest BCUT2D eigenvalue weighted by Gasteiger charge is -2.44. The first kappa shape index (κ1) is 14.8. The van der Waals surface area contributed by atoms with E-state index in [1.165, 1.54) is 0 Å². The summed E-state index contributed by atoms with van der Waals surface area (Å²) in [5.41, 5.74) is 1.68. The molecule has 1 fully saturated rings. The number of hydrogen-bond donors (Lipinski definition) is 1. The molecular weight excluding hydrogens is 278 g/mol. The van der Waals surface area contributed by atoms with Crippen LogP contribution in [0, 0.1) is 5.41 Å². The largest absolute Gasteiger partial charge is 0.445 e. The third-order valence-corrected chi connectivity index (χ3v) is 4.85. The van der Waals surface area contributed by atoms with E-state index in [-0.39, 0.29) is 17.3 Å². The van der Waals surface area contributed by atoms with Gasteiger partial charge in [-0.05, 0) is 43.9 Å². The molecule has 3 rings (SSSR count). The number of carbonyl (C=O) groups excluding carboxylic acids is 2. The lowest BCUT2D eigenvalue weighted by atomic mass is 9.64. The second-order valence-corrected chi connectivity index (χ2v) is 6.33. The molecule has 0 saturated heterocycles. The number of para-hydroxylation sites is 1. The van der Waals surface area contributed by atoms with Crippen molar-refractivity contribution in [1.29, 1.82) is 0 Å². The van der Waals surface area contributed by atoms with E-state index in [4.69, 9.17) is 4.74 Å². The summed E-state index contributed by atoms with van der Waals surface area (Å²) in [4.78, 5) is 23.8. The standard InChI is InChI=1S/C18H21NO3/c1-18-11-10-15(20)12-13(18)6-5-9-16(18)22-17(21)19-14-7-3-2-4-8-14/h2-4,7-8,12,16H,5-6,9-11H2,1H3,(H,19,21)/t16-,18-/m0/s1. The number of anilines is 1. The molecule has 22 heavy (non-hydrogen) atoms. The molecule has 0 aliphatic heterocycles. The van der Waals surface area contributed by atoms with Crippen LogP contribution < -0.4 is 5.32 Å². The van der Waals surface area contributed by atoms with E-state index in [9.17, 15) is 9.59 Å². The van der Waals surface area contributed by atoms with Gasteiger partial charge >= 0.3 is 6.09 Å². The summed E-state index contributed by atoms with van der Waals surface area (Å²) in [5, 5.41) is 2.76. The minimum Gasteiger partial charge on any atom is -0.445 e. The average Bonchev–Trinajstić information content (AvgIpc) is 2.50. The summed E-state index contributed by atoms with van der Waals surface area (Å²) in [6.07, 6.45) is 5.24. The van der Waals surface area contributed by atoms with Gasteiger partial charge in [0.25, 0.3) is 0 Å². The smallest absolute Gasteiger partial charge is 0.411 e. The van der Waals surface area contributed by atoms with Crippen molar-refractivity contribution < 1.29 is 14.3 Å². The molecule has 1 N–H and O–H groups in total. The molecule has 2 atom stereocenters. The number of benzene rings is 1. The van der Waals surface area contributed by atoms with Crippen LogP contribution in [0.5, 0.6) is 0 Å². The molecule has 1 aromatic carbocycles. The van der Waals surface area contributed by atoms with Crippen LogP contribution in [-0.4, -0.2) is 18.0 Å². The lowest BCUT2D eigenvalue weighted by Crippen LogP contribution is -2.43. The van der Waals surface area contributed by atoms with E-state index in [0.29, 0.717) is 6.42 Å². The number of allylic oxidation sites excluding steroid dienone is 1. The fourth-order valence-corrected chi connectivity index (χ4v) is 3.48. The third kappa shape index (κ3) is 2.91.